The summed E-state index contributed by atoms with van der Waals surface area (Å²) in [6.45, 7) is 2.73. The molecular formula is C15H15ClFN3S. The van der Waals surface area contributed by atoms with E-state index in [0.717, 1.165) is 17.2 Å². The van der Waals surface area contributed by atoms with Crippen LogP contribution in [-0.4, -0.2) is 15.9 Å². The van der Waals surface area contributed by atoms with Crippen molar-refractivity contribution in [2.45, 2.75) is 19.4 Å². The van der Waals surface area contributed by atoms with Crippen molar-refractivity contribution in [3.8, 4) is 0 Å². The van der Waals surface area contributed by atoms with Gasteiger partial charge in [0.2, 0.25) is 0 Å². The molecule has 6 heteroatoms. The number of benzene rings is 1. The number of likely N-dealkylation sites (N-methyl/N-ethyl adjacent to an activating group) is 1. The molecule has 0 spiro atoms. The number of imidazole rings is 1. The van der Waals surface area contributed by atoms with Crippen molar-refractivity contribution < 1.29 is 4.39 Å². The predicted molar refractivity (Wildman–Crippen MR) is 84.6 cm³/mol. The first-order valence-electron chi connectivity index (χ1n) is 6.77. The molecule has 1 unspecified atom stereocenters. The first-order valence-corrected chi connectivity index (χ1v) is 8.03. The lowest BCUT2D eigenvalue weighted by Crippen LogP contribution is -2.24. The molecule has 21 heavy (non-hydrogen) atoms. The topological polar surface area (TPSA) is 29.3 Å². The van der Waals surface area contributed by atoms with Crippen molar-refractivity contribution in [3.05, 3.63) is 58.1 Å². The molecule has 1 N–H and O–H groups in total. The number of halogens is 2. The second kappa shape index (κ2) is 6.13. The van der Waals surface area contributed by atoms with Crippen LogP contribution >= 0.6 is 22.9 Å². The monoisotopic (exact) mass is 323 g/mol. The van der Waals surface area contributed by atoms with Gasteiger partial charge in [-0.3, -0.25) is 4.40 Å². The third-order valence-corrected chi connectivity index (χ3v) is 4.46. The maximum absolute atomic E-state index is 14.1. The van der Waals surface area contributed by atoms with Crippen molar-refractivity contribution in [2.75, 3.05) is 6.54 Å². The highest BCUT2D eigenvalue weighted by atomic mass is 35.5. The molecular weight excluding hydrogens is 309 g/mol. The first-order chi connectivity index (χ1) is 10.2. The van der Waals surface area contributed by atoms with Gasteiger partial charge in [-0.25, -0.2) is 9.37 Å². The number of hydrogen-bond donors (Lipinski definition) is 1. The van der Waals surface area contributed by atoms with Gasteiger partial charge in [0, 0.05) is 40.8 Å². The van der Waals surface area contributed by atoms with Gasteiger partial charge >= 0.3 is 0 Å². The zero-order valence-electron chi connectivity index (χ0n) is 11.5. The Labute approximate surface area is 131 Å². The Hall–Kier alpha value is -1.43. The summed E-state index contributed by atoms with van der Waals surface area (Å²) in [7, 11) is 0. The number of nitrogens with zero attached hydrogens (tertiary/aromatic N) is 2. The van der Waals surface area contributed by atoms with Gasteiger partial charge in [-0.05, 0) is 18.7 Å². The number of aromatic nitrogens is 2. The Morgan fingerprint density at radius 3 is 3.05 bits per heavy atom. The van der Waals surface area contributed by atoms with Crippen molar-refractivity contribution in [1.29, 1.82) is 0 Å². The van der Waals surface area contributed by atoms with Crippen molar-refractivity contribution in [3.63, 3.8) is 0 Å². The van der Waals surface area contributed by atoms with Gasteiger partial charge in [0.05, 0.1) is 5.69 Å². The Kier molecular flexibility index (Phi) is 4.24. The average molecular weight is 324 g/mol. The number of hydrogen-bond acceptors (Lipinski definition) is 3. The van der Waals surface area contributed by atoms with Crippen LogP contribution in [0.1, 0.15) is 24.2 Å². The summed E-state index contributed by atoms with van der Waals surface area (Å²) in [5, 5.41) is 5.73. The van der Waals surface area contributed by atoms with E-state index in [1.165, 1.54) is 6.07 Å². The second-order valence-corrected chi connectivity index (χ2v) is 6.06. The number of thiazole rings is 1. The molecule has 1 atom stereocenters. The fourth-order valence-corrected chi connectivity index (χ4v) is 3.46. The molecule has 3 rings (SSSR count). The highest BCUT2D eigenvalue weighted by Gasteiger charge is 2.20. The first kappa shape index (κ1) is 14.5. The van der Waals surface area contributed by atoms with E-state index in [9.17, 15) is 4.39 Å². The van der Waals surface area contributed by atoms with Gasteiger partial charge in [0.1, 0.15) is 5.82 Å². The van der Waals surface area contributed by atoms with E-state index in [2.05, 4.69) is 10.3 Å². The summed E-state index contributed by atoms with van der Waals surface area (Å²) in [5.74, 6) is -0.283. The molecule has 0 saturated heterocycles. The quantitative estimate of drug-likeness (QED) is 0.766. The molecule has 0 aliphatic rings. The maximum atomic E-state index is 14.1. The predicted octanol–water partition coefficient (Wildman–Crippen LogP) is 4.08. The van der Waals surface area contributed by atoms with E-state index >= 15 is 0 Å². The summed E-state index contributed by atoms with van der Waals surface area (Å²) < 4.78 is 16.1. The molecule has 0 bridgehead atoms. The van der Waals surface area contributed by atoms with Gasteiger partial charge in [-0.2, -0.15) is 0 Å². The molecule has 2 heterocycles. The largest absolute Gasteiger partial charge is 0.310 e. The summed E-state index contributed by atoms with van der Waals surface area (Å²) in [6.07, 6.45) is 4.54. The minimum absolute atomic E-state index is 0.187. The van der Waals surface area contributed by atoms with Gasteiger partial charge < -0.3 is 5.32 Å². The minimum atomic E-state index is -0.283. The molecule has 1 aromatic carbocycles. The SMILES string of the molecule is CCNC(Cc1cn2ccsc2n1)c1c(F)cccc1Cl. The molecule has 3 nitrogen and oxygen atoms in total. The van der Waals surface area contributed by atoms with E-state index < -0.39 is 0 Å². The van der Waals surface area contributed by atoms with Crippen LogP contribution in [0, 0.1) is 5.82 Å². The summed E-state index contributed by atoms with van der Waals surface area (Å²) in [6, 6.07) is 4.60. The van der Waals surface area contributed by atoms with E-state index in [1.807, 2.05) is 29.1 Å². The van der Waals surface area contributed by atoms with Crippen LogP contribution in [0.15, 0.2) is 36.0 Å². The van der Waals surface area contributed by atoms with Crippen LogP contribution in [0.2, 0.25) is 5.02 Å². The van der Waals surface area contributed by atoms with Crippen LogP contribution in [-0.2, 0) is 6.42 Å². The van der Waals surface area contributed by atoms with Gasteiger partial charge in [0.15, 0.2) is 4.96 Å². The third kappa shape index (κ3) is 2.95. The standard InChI is InChI=1S/C15H15ClFN3S/c1-2-18-13(14-11(16)4-3-5-12(14)17)8-10-9-20-6-7-21-15(20)19-10/h3-7,9,13,18H,2,8H2,1H3. The lowest BCUT2D eigenvalue weighted by atomic mass is 10.0. The zero-order valence-corrected chi connectivity index (χ0v) is 13.1. The van der Waals surface area contributed by atoms with Crippen molar-refractivity contribution in [2.24, 2.45) is 0 Å². The average Bonchev–Trinajstić information content (AvgIpc) is 2.99. The number of fused-ring (bicyclic) bond motifs is 1. The Balaban J connectivity index is 1.92. The Morgan fingerprint density at radius 2 is 2.33 bits per heavy atom. The molecule has 0 aliphatic carbocycles. The normalized spacial score (nSPS) is 12.9. The molecule has 0 aliphatic heterocycles. The molecule has 0 radical (unpaired) electrons. The summed E-state index contributed by atoms with van der Waals surface area (Å²) in [4.78, 5) is 5.50. The third-order valence-electron chi connectivity index (χ3n) is 3.36. The molecule has 3 aromatic rings. The highest BCUT2D eigenvalue weighted by Crippen LogP contribution is 2.28. The van der Waals surface area contributed by atoms with Gasteiger partial charge in [-0.1, -0.05) is 24.6 Å². The fourth-order valence-electron chi connectivity index (χ4n) is 2.45. The van der Waals surface area contributed by atoms with Crippen LogP contribution in [0.3, 0.4) is 0 Å². The Morgan fingerprint density at radius 1 is 1.48 bits per heavy atom. The van der Waals surface area contributed by atoms with Crippen LogP contribution in [0.4, 0.5) is 4.39 Å². The Bertz CT molecular complexity index is 704. The molecule has 0 amide bonds. The highest BCUT2D eigenvalue weighted by molar-refractivity contribution is 7.15. The van der Waals surface area contributed by atoms with Crippen LogP contribution < -0.4 is 5.32 Å². The zero-order chi connectivity index (χ0) is 14.8. The number of rotatable bonds is 5. The molecule has 0 fully saturated rings. The van der Waals surface area contributed by atoms with Crippen molar-refractivity contribution >= 4 is 27.9 Å². The van der Waals surface area contributed by atoms with Crippen LogP contribution in [0.25, 0.3) is 4.96 Å². The molecule has 2 aromatic heterocycles. The maximum Gasteiger partial charge on any atom is 0.193 e. The summed E-state index contributed by atoms with van der Waals surface area (Å²) >= 11 is 7.76. The molecule has 0 saturated carbocycles. The van der Waals surface area contributed by atoms with E-state index in [1.54, 1.807) is 23.5 Å². The van der Waals surface area contributed by atoms with Gasteiger partial charge in [0.25, 0.3) is 0 Å². The smallest absolute Gasteiger partial charge is 0.193 e. The second-order valence-electron chi connectivity index (χ2n) is 4.77. The number of nitrogens with one attached hydrogen (secondary N) is 1. The van der Waals surface area contributed by atoms with E-state index in [0.29, 0.717) is 17.0 Å². The fraction of sp³-hybridized carbons (Fsp3) is 0.267. The van der Waals surface area contributed by atoms with E-state index in [-0.39, 0.29) is 11.9 Å². The summed E-state index contributed by atoms with van der Waals surface area (Å²) in [5.41, 5.74) is 1.43. The van der Waals surface area contributed by atoms with Crippen LogP contribution in [0.5, 0.6) is 0 Å². The lowest BCUT2D eigenvalue weighted by Gasteiger charge is -2.19. The van der Waals surface area contributed by atoms with E-state index in [4.69, 9.17) is 11.6 Å². The lowest BCUT2D eigenvalue weighted by molar-refractivity contribution is 0.507. The molecule has 110 valence electrons. The minimum Gasteiger partial charge on any atom is -0.310 e. The van der Waals surface area contributed by atoms with Crippen molar-refractivity contribution in [1.82, 2.24) is 14.7 Å². The van der Waals surface area contributed by atoms with Gasteiger partial charge in [-0.15, -0.1) is 11.3 Å².